The number of urea groups is 1. The fourth-order valence-electron chi connectivity index (χ4n) is 2.88. The molecule has 8 heteroatoms. The third-order valence-electron chi connectivity index (χ3n) is 4.52. The van der Waals surface area contributed by atoms with E-state index in [-0.39, 0.29) is 17.8 Å². The van der Waals surface area contributed by atoms with E-state index in [1.807, 2.05) is 13.0 Å². The molecule has 3 N–H and O–H groups in total. The number of aryl methyl sites for hydroxylation is 1. The van der Waals surface area contributed by atoms with E-state index in [0.717, 1.165) is 11.3 Å². The maximum atomic E-state index is 12.8. The fraction of sp³-hybridized carbons (Fsp3) is 0.227. The molecular weight excluding hydrogens is 400 g/mol. The van der Waals surface area contributed by atoms with Crippen LogP contribution in [0.4, 0.5) is 16.2 Å². The van der Waals surface area contributed by atoms with Crippen molar-refractivity contribution >= 4 is 40.6 Å². The molecule has 2 aromatic rings. The van der Waals surface area contributed by atoms with Gasteiger partial charge in [-0.1, -0.05) is 5.92 Å². The number of rotatable bonds is 5. The third-order valence-corrected chi connectivity index (χ3v) is 5.54. The molecule has 30 heavy (non-hydrogen) atoms. The van der Waals surface area contributed by atoms with Crippen molar-refractivity contribution in [1.82, 2.24) is 10.6 Å². The monoisotopic (exact) mass is 422 g/mol. The number of terminal acetylenes is 1. The molecule has 0 spiro atoms. The summed E-state index contributed by atoms with van der Waals surface area (Å²) in [6, 6.07) is 8.37. The Morgan fingerprint density at radius 3 is 2.67 bits per heavy atom. The molecule has 3 rings (SSSR count). The first-order valence-corrected chi connectivity index (χ1v) is 10.1. The smallest absolute Gasteiger partial charge is 0.326 e. The van der Waals surface area contributed by atoms with E-state index in [9.17, 15) is 14.4 Å². The highest BCUT2D eigenvalue weighted by Gasteiger charge is 2.30. The van der Waals surface area contributed by atoms with Gasteiger partial charge in [-0.3, -0.25) is 14.5 Å². The molecule has 1 aromatic carbocycles. The minimum absolute atomic E-state index is 0.206. The number of nitrogens with zero attached hydrogens (tertiary/aromatic N) is 1. The predicted molar refractivity (Wildman–Crippen MR) is 119 cm³/mol. The van der Waals surface area contributed by atoms with Crippen LogP contribution in [0.3, 0.4) is 0 Å². The minimum atomic E-state index is -1.15. The molecule has 154 valence electrons. The van der Waals surface area contributed by atoms with Gasteiger partial charge >= 0.3 is 6.03 Å². The van der Waals surface area contributed by atoms with Gasteiger partial charge in [-0.2, -0.15) is 0 Å². The highest BCUT2D eigenvalue weighted by molar-refractivity contribution is 7.14. The minimum Gasteiger partial charge on any atom is -0.337 e. The molecule has 4 amide bonds. The number of amides is 4. The Balaban J connectivity index is 1.69. The molecule has 0 aliphatic carbocycles. The molecule has 2 heterocycles. The number of benzene rings is 1. The highest BCUT2D eigenvalue weighted by Crippen LogP contribution is 2.25. The number of thiophene rings is 1. The average molecular weight is 423 g/mol. The van der Waals surface area contributed by atoms with Crippen LogP contribution in [0.2, 0.25) is 0 Å². The van der Waals surface area contributed by atoms with Gasteiger partial charge in [0.2, 0.25) is 5.91 Å². The normalized spacial score (nSPS) is 13.4. The van der Waals surface area contributed by atoms with Gasteiger partial charge < -0.3 is 16.0 Å². The van der Waals surface area contributed by atoms with Crippen molar-refractivity contribution in [2.75, 3.05) is 16.8 Å². The van der Waals surface area contributed by atoms with Crippen LogP contribution in [0.25, 0.3) is 0 Å². The Bertz CT molecular complexity index is 1080. The molecule has 0 atom stereocenters. The van der Waals surface area contributed by atoms with Crippen LogP contribution < -0.4 is 20.9 Å². The zero-order valence-corrected chi connectivity index (χ0v) is 17.7. The van der Waals surface area contributed by atoms with Crippen LogP contribution in [0.1, 0.15) is 34.0 Å². The van der Waals surface area contributed by atoms with E-state index in [1.54, 1.807) is 50.4 Å². The summed E-state index contributed by atoms with van der Waals surface area (Å²) in [4.78, 5) is 39.9. The summed E-state index contributed by atoms with van der Waals surface area (Å²) in [5.41, 5.74) is 0.947. The lowest BCUT2D eigenvalue weighted by Crippen LogP contribution is -2.52. The molecule has 1 aromatic heterocycles. The third kappa shape index (κ3) is 4.53. The van der Waals surface area contributed by atoms with E-state index < -0.39 is 5.54 Å². The topological polar surface area (TPSA) is 90.5 Å². The van der Waals surface area contributed by atoms with Crippen LogP contribution in [-0.2, 0) is 4.79 Å². The first kappa shape index (κ1) is 21.1. The Labute approximate surface area is 179 Å². The maximum absolute atomic E-state index is 12.8. The molecule has 1 aliphatic heterocycles. The largest absolute Gasteiger partial charge is 0.337 e. The number of hydrogen-bond acceptors (Lipinski definition) is 4. The summed E-state index contributed by atoms with van der Waals surface area (Å²) in [6.45, 7) is 5.60. The van der Waals surface area contributed by atoms with E-state index in [0.29, 0.717) is 22.0 Å². The van der Waals surface area contributed by atoms with Crippen LogP contribution >= 0.6 is 11.3 Å². The van der Waals surface area contributed by atoms with Crippen molar-refractivity contribution in [2.45, 2.75) is 26.3 Å². The molecule has 1 aliphatic rings. The van der Waals surface area contributed by atoms with E-state index >= 15 is 0 Å². The highest BCUT2D eigenvalue weighted by atomic mass is 32.1. The Morgan fingerprint density at radius 1 is 1.27 bits per heavy atom. The van der Waals surface area contributed by atoms with E-state index in [2.05, 4.69) is 21.9 Å². The van der Waals surface area contributed by atoms with Gasteiger partial charge in [-0.25, -0.2) is 4.79 Å². The lowest BCUT2D eigenvalue weighted by Gasteiger charge is -2.26. The lowest BCUT2D eigenvalue weighted by atomic mass is 10.0. The zero-order valence-electron chi connectivity index (χ0n) is 16.9. The molecule has 0 bridgehead atoms. The van der Waals surface area contributed by atoms with Gasteiger partial charge in [0.05, 0.1) is 15.4 Å². The Kier molecular flexibility index (Phi) is 5.94. The lowest BCUT2D eigenvalue weighted by molar-refractivity contribution is -0.120. The van der Waals surface area contributed by atoms with Crippen molar-refractivity contribution in [2.24, 2.45) is 0 Å². The summed E-state index contributed by atoms with van der Waals surface area (Å²) in [5, 5.41) is 8.29. The summed E-state index contributed by atoms with van der Waals surface area (Å²) in [6.07, 6.45) is 8.90. The van der Waals surface area contributed by atoms with E-state index in [1.165, 1.54) is 16.2 Å². The van der Waals surface area contributed by atoms with Crippen molar-refractivity contribution in [3.63, 3.8) is 0 Å². The van der Waals surface area contributed by atoms with Crippen LogP contribution in [0, 0.1) is 19.3 Å². The zero-order chi connectivity index (χ0) is 21.9. The Hall–Kier alpha value is -3.57. The molecule has 0 radical (unpaired) electrons. The SMILES string of the molecule is C#Cc1ccc(C(=O)NC(C)(C)C(=O)Nc2ccc(N3C=CCNC3=O)c(C)c2)s1. The van der Waals surface area contributed by atoms with Crippen molar-refractivity contribution in [1.29, 1.82) is 0 Å². The summed E-state index contributed by atoms with van der Waals surface area (Å²) >= 11 is 1.19. The first-order valence-electron chi connectivity index (χ1n) is 9.26. The van der Waals surface area contributed by atoms with E-state index in [4.69, 9.17) is 6.42 Å². The van der Waals surface area contributed by atoms with Gasteiger partial charge in [-0.05, 0) is 62.7 Å². The quantitative estimate of drug-likeness (QED) is 0.646. The van der Waals surface area contributed by atoms with Gasteiger partial charge in [0.1, 0.15) is 5.54 Å². The van der Waals surface area contributed by atoms with Crippen LogP contribution in [0.5, 0.6) is 0 Å². The number of nitrogens with one attached hydrogen (secondary N) is 3. The van der Waals surface area contributed by atoms with Gasteiger partial charge in [0.15, 0.2) is 0 Å². The van der Waals surface area contributed by atoms with Crippen molar-refractivity contribution in [3.05, 3.63) is 57.9 Å². The van der Waals surface area contributed by atoms with Crippen LogP contribution in [0.15, 0.2) is 42.6 Å². The van der Waals surface area contributed by atoms with Crippen molar-refractivity contribution in [3.8, 4) is 12.3 Å². The molecule has 0 saturated carbocycles. The summed E-state index contributed by atoms with van der Waals surface area (Å²) in [7, 11) is 0. The predicted octanol–water partition coefficient (Wildman–Crippen LogP) is 3.23. The van der Waals surface area contributed by atoms with Gasteiger partial charge in [0, 0.05) is 18.4 Å². The second-order valence-electron chi connectivity index (χ2n) is 7.28. The Morgan fingerprint density at radius 2 is 2.03 bits per heavy atom. The first-order chi connectivity index (χ1) is 14.2. The fourth-order valence-corrected chi connectivity index (χ4v) is 3.59. The van der Waals surface area contributed by atoms with Gasteiger partial charge in [0.25, 0.3) is 5.91 Å². The summed E-state index contributed by atoms with van der Waals surface area (Å²) < 4.78 is 0. The summed E-state index contributed by atoms with van der Waals surface area (Å²) in [5.74, 6) is 1.75. The van der Waals surface area contributed by atoms with Crippen LogP contribution in [-0.4, -0.2) is 29.9 Å². The standard InChI is InChI=1S/C22H22N4O3S/c1-5-16-8-10-18(30-16)19(27)25-22(3,4)20(28)24-15-7-9-17(14(2)13-15)26-12-6-11-23-21(26)29/h1,6-10,12-13H,11H2,2-4H3,(H,23,29)(H,24,28)(H,25,27). The number of anilines is 2. The number of carbonyl (C=O) groups excluding carboxylic acids is 3. The van der Waals surface area contributed by atoms with Gasteiger partial charge in [-0.15, -0.1) is 17.8 Å². The molecule has 0 saturated heterocycles. The maximum Gasteiger partial charge on any atom is 0.326 e. The molecule has 0 unspecified atom stereocenters. The molecular formula is C22H22N4O3S. The second-order valence-corrected chi connectivity index (χ2v) is 8.37. The number of hydrogen-bond donors (Lipinski definition) is 3. The number of carbonyl (C=O) groups is 3. The average Bonchev–Trinajstić information content (AvgIpc) is 3.18. The second kappa shape index (κ2) is 8.43. The van der Waals surface area contributed by atoms with Crippen molar-refractivity contribution < 1.29 is 14.4 Å². The molecule has 7 nitrogen and oxygen atoms in total. The molecule has 0 fully saturated rings.